The number of alkyl carbamates (subject to hydrolysis) is 1. The summed E-state index contributed by atoms with van der Waals surface area (Å²) >= 11 is 0. The fourth-order valence-corrected chi connectivity index (χ4v) is 3.99. The molecule has 2 amide bonds. The third-order valence-electron chi connectivity index (χ3n) is 5.42. The van der Waals surface area contributed by atoms with E-state index < -0.39 is 18.2 Å². The molecule has 1 heterocycles. The fraction of sp³-hybridized carbons (Fsp3) is 0.261. The van der Waals surface area contributed by atoms with E-state index in [0.29, 0.717) is 6.54 Å². The van der Waals surface area contributed by atoms with E-state index in [4.69, 9.17) is 10.00 Å². The van der Waals surface area contributed by atoms with Crippen molar-refractivity contribution in [1.82, 2.24) is 10.2 Å². The average molecular weight is 387 g/mol. The number of carbonyl (C=O) groups excluding carboxylic acids is 2. The number of nitriles is 1. The molecule has 0 fully saturated rings. The molecule has 1 aliphatic heterocycles. The summed E-state index contributed by atoms with van der Waals surface area (Å²) in [5.74, 6) is -0.347. The Kier molecular flexibility index (Phi) is 5.05. The lowest BCUT2D eigenvalue weighted by Crippen LogP contribution is -2.48. The highest BCUT2D eigenvalue weighted by molar-refractivity contribution is 5.86. The van der Waals surface area contributed by atoms with Gasteiger partial charge in [0.1, 0.15) is 18.7 Å². The molecule has 0 radical (unpaired) electrons. The predicted molar refractivity (Wildman–Crippen MR) is 108 cm³/mol. The quantitative estimate of drug-likeness (QED) is 0.817. The molecule has 0 saturated carbocycles. The maximum absolute atomic E-state index is 12.5. The first kappa shape index (κ1) is 18.8. The number of ether oxygens (including phenoxy) is 1. The topological polar surface area (TPSA) is 82.4 Å². The van der Waals surface area contributed by atoms with Crippen molar-refractivity contribution >= 4 is 12.0 Å². The van der Waals surface area contributed by atoms with Gasteiger partial charge in [-0.15, -0.1) is 0 Å². The van der Waals surface area contributed by atoms with Gasteiger partial charge >= 0.3 is 6.09 Å². The van der Waals surface area contributed by atoms with Crippen molar-refractivity contribution in [1.29, 1.82) is 5.26 Å². The van der Waals surface area contributed by atoms with Crippen molar-refractivity contribution in [2.45, 2.75) is 24.9 Å². The van der Waals surface area contributed by atoms with Crippen LogP contribution in [0.25, 0.3) is 11.1 Å². The second-order valence-electron chi connectivity index (χ2n) is 7.18. The van der Waals surface area contributed by atoms with Crippen LogP contribution in [0, 0.1) is 11.3 Å². The summed E-state index contributed by atoms with van der Waals surface area (Å²) in [6, 6.07) is 16.9. The van der Waals surface area contributed by atoms with Crippen molar-refractivity contribution in [3.8, 4) is 17.2 Å². The monoisotopic (exact) mass is 387 g/mol. The Morgan fingerprint density at radius 1 is 1.17 bits per heavy atom. The lowest BCUT2D eigenvalue weighted by atomic mass is 9.98. The van der Waals surface area contributed by atoms with Crippen LogP contribution in [0.15, 0.2) is 60.7 Å². The molecule has 2 atom stereocenters. The van der Waals surface area contributed by atoms with Gasteiger partial charge in [-0.1, -0.05) is 54.6 Å². The standard InChI is InChI=1S/C23H21N3O3/c1-15(22(27)26-12-6-7-16(26)13-24)25-23(28)29-14-21-19-10-4-2-8-17(19)18-9-3-5-11-20(18)21/h2-11,15-16,21H,12,14H2,1H3,(H,25,28). The first-order chi connectivity index (χ1) is 14.1. The van der Waals surface area contributed by atoms with Crippen molar-refractivity contribution in [3.05, 3.63) is 71.8 Å². The molecule has 1 aliphatic carbocycles. The summed E-state index contributed by atoms with van der Waals surface area (Å²) in [6.45, 7) is 2.15. The molecule has 6 heteroatoms. The van der Waals surface area contributed by atoms with Gasteiger partial charge in [0.25, 0.3) is 0 Å². The van der Waals surface area contributed by atoms with Crippen molar-refractivity contribution in [2.24, 2.45) is 0 Å². The van der Waals surface area contributed by atoms with Gasteiger partial charge < -0.3 is 15.0 Å². The Morgan fingerprint density at radius 3 is 2.41 bits per heavy atom. The number of carbonyl (C=O) groups is 2. The van der Waals surface area contributed by atoms with Crippen LogP contribution in [0.5, 0.6) is 0 Å². The molecule has 2 aromatic carbocycles. The molecule has 0 saturated heterocycles. The zero-order valence-electron chi connectivity index (χ0n) is 16.0. The van der Waals surface area contributed by atoms with E-state index in [1.807, 2.05) is 24.3 Å². The number of hydrogen-bond acceptors (Lipinski definition) is 4. The largest absolute Gasteiger partial charge is 0.449 e. The summed E-state index contributed by atoms with van der Waals surface area (Å²) in [5, 5.41) is 11.7. The van der Waals surface area contributed by atoms with Crippen molar-refractivity contribution in [2.75, 3.05) is 13.2 Å². The van der Waals surface area contributed by atoms with Crippen LogP contribution in [-0.4, -0.2) is 42.1 Å². The number of benzene rings is 2. The van der Waals surface area contributed by atoms with Gasteiger partial charge in [-0.3, -0.25) is 4.79 Å². The third kappa shape index (κ3) is 3.47. The molecule has 6 nitrogen and oxygen atoms in total. The van der Waals surface area contributed by atoms with Gasteiger partial charge in [-0.25, -0.2) is 4.79 Å². The molecule has 4 rings (SSSR count). The van der Waals surface area contributed by atoms with Gasteiger partial charge in [0.05, 0.1) is 6.07 Å². The number of amides is 2. The lowest BCUT2D eigenvalue weighted by Gasteiger charge is -2.24. The van der Waals surface area contributed by atoms with Gasteiger partial charge in [-0.2, -0.15) is 5.26 Å². The van der Waals surface area contributed by atoms with Crippen LogP contribution in [0.1, 0.15) is 24.0 Å². The normalized spacial score (nSPS) is 17.9. The van der Waals surface area contributed by atoms with Crippen LogP contribution in [-0.2, 0) is 9.53 Å². The molecule has 1 N–H and O–H groups in total. The summed E-state index contributed by atoms with van der Waals surface area (Å²) in [4.78, 5) is 26.2. The molecule has 2 unspecified atom stereocenters. The first-order valence-electron chi connectivity index (χ1n) is 9.58. The summed E-state index contributed by atoms with van der Waals surface area (Å²) < 4.78 is 5.47. The van der Waals surface area contributed by atoms with Crippen LogP contribution >= 0.6 is 0 Å². The lowest BCUT2D eigenvalue weighted by molar-refractivity contribution is -0.132. The van der Waals surface area contributed by atoms with Crippen LogP contribution in [0.4, 0.5) is 4.79 Å². The van der Waals surface area contributed by atoms with E-state index in [0.717, 1.165) is 22.3 Å². The summed E-state index contributed by atoms with van der Waals surface area (Å²) in [5.41, 5.74) is 4.57. The molecular formula is C23H21N3O3. The maximum atomic E-state index is 12.5. The minimum atomic E-state index is -0.776. The Balaban J connectivity index is 1.39. The Bertz CT molecular complexity index is 979. The highest BCUT2D eigenvalue weighted by Gasteiger charge is 2.31. The number of rotatable bonds is 4. The highest BCUT2D eigenvalue weighted by atomic mass is 16.5. The maximum Gasteiger partial charge on any atom is 0.407 e. The Morgan fingerprint density at radius 2 is 1.79 bits per heavy atom. The van der Waals surface area contributed by atoms with Gasteiger partial charge in [0, 0.05) is 12.5 Å². The molecule has 0 aromatic heterocycles. The minimum Gasteiger partial charge on any atom is -0.449 e. The summed E-state index contributed by atoms with van der Waals surface area (Å²) in [6.07, 6.45) is 2.80. The molecule has 2 aromatic rings. The summed E-state index contributed by atoms with van der Waals surface area (Å²) in [7, 11) is 0. The van der Waals surface area contributed by atoms with E-state index in [9.17, 15) is 9.59 Å². The number of nitrogens with zero attached hydrogens (tertiary/aromatic N) is 2. The Hall–Kier alpha value is -3.59. The van der Waals surface area contributed by atoms with E-state index >= 15 is 0 Å². The molecule has 0 spiro atoms. The van der Waals surface area contributed by atoms with Crippen molar-refractivity contribution < 1.29 is 14.3 Å². The molecule has 2 aliphatic rings. The van der Waals surface area contributed by atoms with E-state index in [1.54, 1.807) is 19.1 Å². The Labute approximate surface area is 169 Å². The smallest absolute Gasteiger partial charge is 0.407 e. The molecule has 0 bridgehead atoms. The zero-order chi connectivity index (χ0) is 20.4. The van der Waals surface area contributed by atoms with Gasteiger partial charge in [0.15, 0.2) is 0 Å². The molecular weight excluding hydrogens is 366 g/mol. The van der Waals surface area contributed by atoms with Gasteiger partial charge in [0.2, 0.25) is 5.91 Å². The average Bonchev–Trinajstić information content (AvgIpc) is 3.34. The first-order valence-corrected chi connectivity index (χ1v) is 9.58. The third-order valence-corrected chi connectivity index (χ3v) is 5.42. The fourth-order valence-electron chi connectivity index (χ4n) is 3.99. The molecule has 29 heavy (non-hydrogen) atoms. The number of fused-ring (bicyclic) bond motifs is 3. The second-order valence-corrected chi connectivity index (χ2v) is 7.18. The van der Waals surface area contributed by atoms with Crippen LogP contribution in [0.2, 0.25) is 0 Å². The number of hydrogen-bond donors (Lipinski definition) is 1. The molecule has 146 valence electrons. The highest BCUT2D eigenvalue weighted by Crippen LogP contribution is 2.44. The van der Waals surface area contributed by atoms with E-state index in [1.165, 1.54) is 4.90 Å². The predicted octanol–water partition coefficient (Wildman–Crippen LogP) is 3.20. The van der Waals surface area contributed by atoms with Crippen molar-refractivity contribution in [3.63, 3.8) is 0 Å². The zero-order valence-corrected chi connectivity index (χ0v) is 16.0. The minimum absolute atomic E-state index is 0.0371. The van der Waals surface area contributed by atoms with E-state index in [-0.39, 0.29) is 18.4 Å². The van der Waals surface area contributed by atoms with Gasteiger partial charge in [-0.05, 0) is 35.3 Å². The number of nitrogens with one attached hydrogen (secondary N) is 1. The second kappa shape index (κ2) is 7.80. The van der Waals surface area contributed by atoms with Crippen LogP contribution in [0.3, 0.4) is 0 Å². The van der Waals surface area contributed by atoms with Crippen LogP contribution < -0.4 is 5.32 Å². The SMILES string of the molecule is CC(NC(=O)OCC1c2ccccc2-c2ccccc21)C(=O)N1CC=CC1C#N. The van der Waals surface area contributed by atoms with E-state index in [2.05, 4.69) is 35.7 Å².